The second-order valence-corrected chi connectivity index (χ2v) is 8.01. The molecule has 1 aromatic rings. The van der Waals surface area contributed by atoms with Gasteiger partial charge in [-0.2, -0.15) is 0 Å². The van der Waals surface area contributed by atoms with Crippen molar-refractivity contribution in [1.82, 2.24) is 4.90 Å². The number of hydrogen-bond acceptors (Lipinski definition) is 3. The molecule has 5 heteroatoms. The average Bonchev–Trinajstić information content (AvgIpc) is 2.78. The first-order valence-electron chi connectivity index (χ1n) is 6.77. The highest BCUT2D eigenvalue weighted by atomic mass is 79.9. The van der Waals surface area contributed by atoms with E-state index in [9.17, 15) is 4.79 Å². The lowest BCUT2D eigenvalue weighted by molar-refractivity contribution is 0.0277. The summed E-state index contributed by atoms with van der Waals surface area (Å²) in [7, 11) is 0. The second-order valence-electron chi connectivity index (χ2n) is 5.84. The Morgan fingerprint density at radius 1 is 1.35 bits per heavy atom. The molecule has 0 aromatic heterocycles. The summed E-state index contributed by atoms with van der Waals surface area (Å²) < 4.78 is 6.54. The minimum Gasteiger partial charge on any atom is -0.444 e. The van der Waals surface area contributed by atoms with E-state index >= 15 is 0 Å². The van der Waals surface area contributed by atoms with Crippen LogP contribution < -0.4 is 0 Å². The van der Waals surface area contributed by atoms with Gasteiger partial charge < -0.3 is 4.74 Å². The molecule has 1 aromatic carbocycles. The number of thioether (sulfide) groups is 1. The monoisotopic (exact) mass is 357 g/mol. The van der Waals surface area contributed by atoms with Gasteiger partial charge in [0, 0.05) is 15.9 Å². The van der Waals surface area contributed by atoms with Gasteiger partial charge in [0.05, 0.1) is 5.37 Å². The van der Waals surface area contributed by atoms with Gasteiger partial charge in [-0.25, -0.2) is 4.79 Å². The maximum Gasteiger partial charge on any atom is 0.411 e. The smallest absolute Gasteiger partial charge is 0.411 e. The zero-order valence-corrected chi connectivity index (χ0v) is 14.5. The number of carbonyl (C=O) groups excluding carboxylic acids is 1. The van der Waals surface area contributed by atoms with Crippen molar-refractivity contribution in [2.45, 2.75) is 49.5 Å². The van der Waals surface area contributed by atoms with E-state index in [0.717, 1.165) is 23.9 Å². The average molecular weight is 358 g/mol. The van der Waals surface area contributed by atoms with E-state index in [0.29, 0.717) is 0 Å². The molecule has 0 N–H and O–H groups in total. The van der Waals surface area contributed by atoms with Gasteiger partial charge in [-0.3, -0.25) is 4.90 Å². The number of ether oxygens (including phenoxy) is 1. The van der Waals surface area contributed by atoms with Crippen LogP contribution in [0, 0.1) is 0 Å². The molecule has 1 saturated heterocycles. The predicted molar refractivity (Wildman–Crippen MR) is 86.0 cm³/mol. The van der Waals surface area contributed by atoms with Gasteiger partial charge in [0.25, 0.3) is 0 Å². The molecular weight excluding hydrogens is 338 g/mol. The van der Waals surface area contributed by atoms with Gasteiger partial charge in [-0.05, 0) is 57.9 Å². The van der Waals surface area contributed by atoms with Crippen LogP contribution >= 0.6 is 27.7 Å². The van der Waals surface area contributed by atoms with Crippen LogP contribution in [0.1, 0.15) is 33.6 Å². The molecule has 0 aliphatic carbocycles. The van der Waals surface area contributed by atoms with Crippen LogP contribution in [0.5, 0.6) is 0 Å². The Bertz CT molecular complexity index is 470. The Morgan fingerprint density at radius 2 is 2.00 bits per heavy atom. The van der Waals surface area contributed by atoms with Crippen molar-refractivity contribution in [3.63, 3.8) is 0 Å². The molecule has 3 nitrogen and oxygen atoms in total. The maximum absolute atomic E-state index is 12.2. The van der Waals surface area contributed by atoms with E-state index in [1.54, 1.807) is 11.8 Å². The number of nitrogens with zero attached hydrogens (tertiary/aromatic N) is 1. The van der Waals surface area contributed by atoms with Gasteiger partial charge in [0.1, 0.15) is 5.60 Å². The van der Waals surface area contributed by atoms with Crippen molar-refractivity contribution in [1.29, 1.82) is 0 Å². The molecule has 2 rings (SSSR count). The topological polar surface area (TPSA) is 29.5 Å². The van der Waals surface area contributed by atoms with E-state index in [4.69, 9.17) is 4.74 Å². The van der Waals surface area contributed by atoms with E-state index in [1.807, 2.05) is 37.8 Å². The van der Waals surface area contributed by atoms with E-state index in [2.05, 4.69) is 28.1 Å². The molecule has 1 aliphatic rings. The van der Waals surface area contributed by atoms with Crippen LogP contribution in [0.4, 0.5) is 4.79 Å². The van der Waals surface area contributed by atoms with Crippen LogP contribution in [0.2, 0.25) is 0 Å². The quantitative estimate of drug-likeness (QED) is 0.753. The van der Waals surface area contributed by atoms with Crippen LogP contribution in [0.3, 0.4) is 0 Å². The first kappa shape index (κ1) is 15.7. The number of benzene rings is 1. The molecule has 20 heavy (non-hydrogen) atoms. The summed E-state index contributed by atoms with van der Waals surface area (Å²) in [6, 6.07) is 8.19. The molecule has 0 unspecified atom stereocenters. The Morgan fingerprint density at radius 3 is 2.60 bits per heavy atom. The van der Waals surface area contributed by atoms with Gasteiger partial charge in [-0.1, -0.05) is 15.9 Å². The largest absolute Gasteiger partial charge is 0.444 e. The highest BCUT2D eigenvalue weighted by Gasteiger charge is 2.32. The Labute approximate surface area is 133 Å². The molecule has 1 fully saturated rings. The van der Waals surface area contributed by atoms with Gasteiger partial charge in [0.15, 0.2) is 0 Å². The fraction of sp³-hybridized carbons (Fsp3) is 0.533. The lowest BCUT2D eigenvalue weighted by atomic mass is 10.2. The van der Waals surface area contributed by atoms with Crippen LogP contribution in [-0.4, -0.2) is 28.5 Å². The first-order chi connectivity index (χ1) is 9.35. The molecule has 110 valence electrons. The SMILES string of the molecule is CC(C)(C)OC(=O)N1CCC[C@@H]1Sc1ccc(Br)cc1. The highest BCUT2D eigenvalue weighted by Crippen LogP contribution is 2.34. The summed E-state index contributed by atoms with van der Waals surface area (Å²) in [5.41, 5.74) is -0.438. The molecule has 1 amide bonds. The fourth-order valence-corrected chi connectivity index (χ4v) is 3.53. The summed E-state index contributed by atoms with van der Waals surface area (Å²) in [6.45, 7) is 6.48. The maximum atomic E-state index is 12.2. The molecule has 1 aliphatic heterocycles. The van der Waals surface area contributed by atoms with Crippen LogP contribution in [-0.2, 0) is 4.74 Å². The predicted octanol–water partition coefficient (Wildman–Crippen LogP) is 4.90. The Hall–Kier alpha value is -0.680. The van der Waals surface area contributed by atoms with Crippen LogP contribution in [0.25, 0.3) is 0 Å². The van der Waals surface area contributed by atoms with Crippen molar-refractivity contribution in [2.24, 2.45) is 0 Å². The third-order valence-corrected chi connectivity index (χ3v) is 4.75. The van der Waals surface area contributed by atoms with Crippen molar-refractivity contribution < 1.29 is 9.53 Å². The number of carbonyl (C=O) groups is 1. The lowest BCUT2D eigenvalue weighted by Crippen LogP contribution is -2.38. The number of hydrogen-bond donors (Lipinski definition) is 0. The van der Waals surface area contributed by atoms with Gasteiger partial charge in [0.2, 0.25) is 0 Å². The third-order valence-electron chi connectivity index (χ3n) is 2.91. The van der Waals surface area contributed by atoms with E-state index < -0.39 is 5.60 Å². The normalized spacial score (nSPS) is 19.2. The molecule has 0 saturated carbocycles. The molecule has 0 radical (unpaired) electrons. The third kappa shape index (κ3) is 4.42. The van der Waals surface area contributed by atoms with Crippen molar-refractivity contribution in [3.05, 3.63) is 28.7 Å². The number of likely N-dealkylation sites (tertiary alicyclic amines) is 1. The summed E-state index contributed by atoms with van der Waals surface area (Å²) in [4.78, 5) is 15.2. The van der Waals surface area contributed by atoms with E-state index in [-0.39, 0.29) is 11.5 Å². The van der Waals surface area contributed by atoms with Crippen molar-refractivity contribution in [2.75, 3.05) is 6.54 Å². The van der Waals surface area contributed by atoms with E-state index in [1.165, 1.54) is 4.90 Å². The Balaban J connectivity index is 2.00. The van der Waals surface area contributed by atoms with Crippen LogP contribution in [0.15, 0.2) is 33.6 Å². The molecule has 1 heterocycles. The second kappa shape index (κ2) is 6.39. The standard InChI is InChI=1S/C15H20BrNO2S/c1-15(2,3)19-14(18)17-10-4-5-13(17)20-12-8-6-11(16)7-9-12/h6-9,13H,4-5,10H2,1-3H3/t13-/m0/s1. The molecule has 0 bridgehead atoms. The zero-order chi connectivity index (χ0) is 14.8. The zero-order valence-electron chi connectivity index (χ0n) is 12.1. The number of amides is 1. The van der Waals surface area contributed by atoms with Gasteiger partial charge >= 0.3 is 6.09 Å². The fourth-order valence-electron chi connectivity index (χ4n) is 2.06. The summed E-state index contributed by atoms with van der Waals surface area (Å²) in [5, 5.41) is 0.172. The summed E-state index contributed by atoms with van der Waals surface area (Å²) in [6.07, 6.45) is 1.84. The molecule has 1 atom stereocenters. The molecular formula is C15H20BrNO2S. The first-order valence-corrected chi connectivity index (χ1v) is 8.44. The summed E-state index contributed by atoms with van der Waals surface area (Å²) in [5.74, 6) is 0. The highest BCUT2D eigenvalue weighted by molar-refractivity contribution is 9.10. The van der Waals surface area contributed by atoms with Gasteiger partial charge in [-0.15, -0.1) is 11.8 Å². The molecule has 0 spiro atoms. The lowest BCUT2D eigenvalue weighted by Gasteiger charge is -2.28. The number of rotatable bonds is 2. The van der Waals surface area contributed by atoms with Crippen molar-refractivity contribution in [3.8, 4) is 0 Å². The number of halogens is 1. The Kier molecular flexibility index (Phi) is 5.02. The minimum absolute atomic E-state index is 0.172. The van der Waals surface area contributed by atoms with Crippen molar-refractivity contribution >= 4 is 33.8 Å². The minimum atomic E-state index is -0.438. The summed E-state index contributed by atoms with van der Waals surface area (Å²) >= 11 is 5.16.